The number of amides is 1. The summed E-state index contributed by atoms with van der Waals surface area (Å²) in [6, 6.07) is 1.69. The van der Waals surface area contributed by atoms with Gasteiger partial charge in [0.2, 0.25) is 0 Å². The molecule has 0 radical (unpaired) electrons. The van der Waals surface area contributed by atoms with E-state index in [1.165, 1.54) is 4.57 Å². The lowest BCUT2D eigenvalue weighted by Gasteiger charge is -2.06. The van der Waals surface area contributed by atoms with Crippen LogP contribution < -0.4 is 16.8 Å². The number of rotatable bonds is 2. The molecule has 14 heavy (non-hydrogen) atoms. The summed E-state index contributed by atoms with van der Waals surface area (Å²) in [5.74, 6) is 4.51. The van der Waals surface area contributed by atoms with Crippen molar-refractivity contribution in [2.45, 2.75) is 13.5 Å². The van der Waals surface area contributed by atoms with E-state index < -0.39 is 5.91 Å². The molecule has 0 unspecified atom stereocenters. The second-order valence-electron chi connectivity index (χ2n) is 2.87. The molecule has 0 saturated heterocycles. The summed E-state index contributed by atoms with van der Waals surface area (Å²) in [4.78, 5) is 22.4. The van der Waals surface area contributed by atoms with E-state index >= 15 is 0 Å². The maximum absolute atomic E-state index is 11.5. The van der Waals surface area contributed by atoms with Crippen molar-refractivity contribution in [3.63, 3.8) is 0 Å². The van der Waals surface area contributed by atoms with Gasteiger partial charge in [0.15, 0.2) is 0 Å². The van der Waals surface area contributed by atoms with Gasteiger partial charge in [-0.1, -0.05) is 0 Å². The van der Waals surface area contributed by atoms with Crippen LogP contribution >= 0.6 is 15.9 Å². The van der Waals surface area contributed by atoms with Crippen molar-refractivity contribution in [2.24, 2.45) is 5.84 Å². The van der Waals surface area contributed by atoms with Gasteiger partial charge in [0, 0.05) is 6.20 Å². The van der Waals surface area contributed by atoms with E-state index in [4.69, 9.17) is 5.84 Å². The minimum atomic E-state index is -0.412. The molecule has 6 heteroatoms. The first-order chi connectivity index (χ1) is 6.54. The van der Waals surface area contributed by atoms with Gasteiger partial charge in [-0.25, -0.2) is 5.84 Å². The summed E-state index contributed by atoms with van der Waals surface area (Å²) >= 11 is 3.11. The number of hydrogen-bond donors (Lipinski definition) is 2. The molecule has 1 aromatic rings. The molecule has 0 spiro atoms. The molecule has 1 amide bonds. The lowest BCUT2D eigenvalue weighted by Crippen LogP contribution is -2.36. The molecule has 3 N–H and O–H groups in total. The Hall–Kier alpha value is -1.14. The highest BCUT2D eigenvalue weighted by atomic mass is 79.9. The highest BCUT2D eigenvalue weighted by molar-refractivity contribution is 9.10. The lowest BCUT2D eigenvalue weighted by atomic mass is 10.3. The fourth-order valence-corrected chi connectivity index (χ4v) is 1.65. The Labute approximate surface area is 89.0 Å². The number of halogens is 1. The number of pyridine rings is 1. The average Bonchev–Trinajstić information content (AvgIpc) is 2.13. The fraction of sp³-hybridized carbons (Fsp3) is 0.250. The van der Waals surface area contributed by atoms with Gasteiger partial charge in [0.05, 0.1) is 4.47 Å². The van der Waals surface area contributed by atoms with Crippen molar-refractivity contribution in [2.75, 3.05) is 0 Å². The number of carbonyl (C=O) groups excluding carboxylic acids is 1. The van der Waals surface area contributed by atoms with Gasteiger partial charge in [-0.05, 0) is 34.5 Å². The fourth-order valence-electron chi connectivity index (χ4n) is 1.06. The van der Waals surface area contributed by atoms with Gasteiger partial charge in [-0.15, -0.1) is 0 Å². The number of carbonyl (C=O) groups is 1. The first-order valence-electron chi connectivity index (χ1n) is 3.90. The van der Waals surface area contributed by atoms with Gasteiger partial charge in [-0.2, -0.15) is 0 Å². The molecule has 0 atom stereocenters. The third-order valence-electron chi connectivity index (χ3n) is 1.65. The summed E-state index contributed by atoms with van der Waals surface area (Å²) in [5.41, 5.74) is 2.60. The Morgan fingerprint density at radius 3 is 2.93 bits per heavy atom. The third kappa shape index (κ3) is 2.43. The maximum atomic E-state index is 11.5. The molecule has 1 heterocycles. The molecule has 0 bridgehead atoms. The van der Waals surface area contributed by atoms with E-state index in [0.717, 1.165) is 5.56 Å². The number of aromatic nitrogens is 1. The van der Waals surface area contributed by atoms with Crippen molar-refractivity contribution in [1.29, 1.82) is 0 Å². The monoisotopic (exact) mass is 259 g/mol. The molecule has 0 aliphatic heterocycles. The summed E-state index contributed by atoms with van der Waals surface area (Å²) < 4.78 is 1.73. The van der Waals surface area contributed by atoms with E-state index in [1.54, 1.807) is 12.3 Å². The predicted octanol–water partition coefficient (Wildman–Crippen LogP) is -0.0909. The van der Waals surface area contributed by atoms with Crippen LogP contribution in [-0.4, -0.2) is 10.5 Å². The van der Waals surface area contributed by atoms with Crippen molar-refractivity contribution in [3.05, 3.63) is 32.7 Å². The van der Waals surface area contributed by atoms with Crippen molar-refractivity contribution in [3.8, 4) is 0 Å². The zero-order chi connectivity index (χ0) is 10.7. The first-order valence-corrected chi connectivity index (χ1v) is 4.70. The standard InChI is InChI=1S/C8H10BrN3O2/c1-5-2-6(9)8(14)12(3-5)4-7(13)11-10/h2-3H,4,10H2,1H3,(H,11,13). The molecular weight excluding hydrogens is 250 g/mol. The molecule has 0 aliphatic carbocycles. The van der Waals surface area contributed by atoms with Crippen LogP contribution in [0.15, 0.2) is 21.5 Å². The molecule has 0 aliphatic rings. The van der Waals surface area contributed by atoms with Gasteiger partial charge in [0.1, 0.15) is 6.54 Å². The predicted molar refractivity (Wildman–Crippen MR) is 55.5 cm³/mol. The van der Waals surface area contributed by atoms with Gasteiger partial charge in [-0.3, -0.25) is 15.0 Å². The summed E-state index contributed by atoms with van der Waals surface area (Å²) in [5, 5.41) is 0. The van der Waals surface area contributed by atoms with E-state index in [1.807, 2.05) is 12.3 Å². The van der Waals surface area contributed by atoms with Gasteiger partial charge < -0.3 is 4.57 Å². The molecule has 5 nitrogen and oxygen atoms in total. The molecule has 0 saturated carbocycles. The highest BCUT2D eigenvalue weighted by Crippen LogP contribution is 2.05. The SMILES string of the molecule is Cc1cc(Br)c(=O)n(CC(=O)NN)c1. The van der Waals surface area contributed by atoms with Crippen LogP contribution in [0.25, 0.3) is 0 Å². The number of nitrogens with two attached hydrogens (primary N) is 1. The molecule has 0 aromatic carbocycles. The molecule has 1 rings (SSSR count). The van der Waals surface area contributed by atoms with Crippen molar-refractivity contribution < 1.29 is 4.79 Å². The quantitative estimate of drug-likeness (QED) is 0.443. The van der Waals surface area contributed by atoms with Crippen LogP contribution in [0, 0.1) is 6.92 Å². The molecular formula is C8H10BrN3O2. The topological polar surface area (TPSA) is 77.1 Å². The summed E-state index contributed by atoms with van der Waals surface area (Å²) in [6.07, 6.45) is 1.60. The molecule has 0 fully saturated rings. The summed E-state index contributed by atoms with van der Waals surface area (Å²) in [6.45, 7) is 1.76. The Bertz CT molecular complexity index is 414. The second kappa shape index (κ2) is 4.39. The Balaban J connectivity index is 3.09. The molecule has 76 valence electrons. The normalized spacial score (nSPS) is 9.93. The Morgan fingerprint density at radius 1 is 1.71 bits per heavy atom. The highest BCUT2D eigenvalue weighted by Gasteiger charge is 2.05. The van der Waals surface area contributed by atoms with Crippen molar-refractivity contribution in [1.82, 2.24) is 9.99 Å². The van der Waals surface area contributed by atoms with Crippen LogP contribution in [0.3, 0.4) is 0 Å². The van der Waals surface area contributed by atoms with Crippen molar-refractivity contribution >= 4 is 21.8 Å². The number of aryl methyl sites for hydroxylation is 1. The summed E-state index contributed by atoms with van der Waals surface area (Å²) in [7, 11) is 0. The van der Waals surface area contributed by atoms with E-state index in [2.05, 4.69) is 15.9 Å². The minimum absolute atomic E-state index is 0.0738. The second-order valence-corrected chi connectivity index (χ2v) is 3.72. The van der Waals surface area contributed by atoms with Crippen LogP contribution in [-0.2, 0) is 11.3 Å². The van der Waals surface area contributed by atoms with E-state index in [0.29, 0.717) is 4.47 Å². The van der Waals surface area contributed by atoms with Crippen LogP contribution in [0.2, 0.25) is 0 Å². The first kappa shape index (κ1) is 10.9. The van der Waals surface area contributed by atoms with Crippen LogP contribution in [0.4, 0.5) is 0 Å². The molecule has 1 aromatic heterocycles. The largest absolute Gasteiger partial charge is 0.305 e. The van der Waals surface area contributed by atoms with E-state index in [-0.39, 0.29) is 12.1 Å². The van der Waals surface area contributed by atoms with Gasteiger partial charge in [0.25, 0.3) is 11.5 Å². The number of hydrogen-bond acceptors (Lipinski definition) is 3. The van der Waals surface area contributed by atoms with Gasteiger partial charge >= 0.3 is 0 Å². The zero-order valence-corrected chi connectivity index (χ0v) is 9.17. The average molecular weight is 260 g/mol. The minimum Gasteiger partial charge on any atom is -0.305 e. The number of nitrogens with one attached hydrogen (secondary N) is 1. The van der Waals surface area contributed by atoms with E-state index in [9.17, 15) is 9.59 Å². The third-order valence-corrected chi connectivity index (χ3v) is 2.22. The number of hydrazine groups is 1. The van der Waals surface area contributed by atoms with Crippen LogP contribution in [0.5, 0.6) is 0 Å². The maximum Gasteiger partial charge on any atom is 0.265 e. The Morgan fingerprint density at radius 2 is 2.36 bits per heavy atom. The zero-order valence-electron chi connectivity index (χ0n) is 7.58. The lowest BCUT2D eigenvalue weighted by molar-refractivity contribution is -0.121. The Kier molecular flexibility index (Phi) is 3.43. The number of nitrogens with zero attached hydrogens (tertiary/aromatic N) is 1. The van der Waals surface area contributed by atoms with Crippen LogP contribution in [0.1, 0.15) is 5.56 Å². The smallest absolute Gasteiger partial charge is 0.265 e.